The molecule has 0 radical (unpaired) electrons. The van der Waals surface area contributed by atoms with Crippen LogP contribution < -0.4 is 5.32 Å². The third-order valence-electron chi connectivity index (χ3n) is 3.73. The first-order chi connectivity index (χ1) is 8.83. The van der Waals surface area contributed by atoms with Gasteiger partial charge in [-0.3, -0.25) is 0 Å². The molecule has 1 N–H and O–H groups in total. The summed E-state index contributed by atoms with van der Waals surface area (Å²) in [5.41, 5.74) is 3.84. The second kappa shape index (κ2) is 4.94. The molecule has 2 heterocycles. The zero-order valence-electron chi connectivity index (χ0n) is 11.2. The number of fused-ring (bicyclic) bond motifs is 1. The molecule has 0 aromatic carbocycles. The van der Waals surface area contributed by atoms with Gasteiger partial charge in [-0.2, -0.15) is 0 Å². The fourth-order valence-electron chi connectivity index (χ4n) is 2.63. The quantitative estimate of drug-likeness (QED) is 0.868. The third kappa shape index (κ3) is 2.15. The Morgan fingerprint density at radius 2 is 2.11 bits per heavy atom. The second-order valence-corrected chi connectivity index (χ2v) is 5.12. The summed E-state index contributed by atoms with van der Waals surface area (Å²) in [6, 6.07) is 0. The highest BCUT2D eigenvalue weighted by molar-refractivity contribution is 5.34. The van der Waals surface area contributed by atoms with Gasteiger partial charge in [0.1, 0.15) is 6.10 Å². The average molecular weight is 247 g/mol. The van der Waals surface area contributed by atoms with Crippen LogP contribution in [0.25, 0.3) is 0 Å². The first kappa shape index (κ1) is 12.1. The summed E-state index contributed by atoms with van der Waals surface area (Å²) in [4.78, 5) is 9.54. The van der Waals surface area contributed by atoms with Gasteiger partial charge in [-0.25, -0.2) is 9.97 Å². The molecule has 1 unspecified atom stereocenters. The second-order valence-electron chi connectivity index (χ2n) is 5.12. The molecule has 0 bridgehead atoms. The van der Waals surface area contributed by atoms with Crippen molar-refractivity contribution >= 4 is 0 Å². The Morgan fingerprint density at radius 3 is 2.78 bits per heavy atom. The molecule has 2 aliphatic rings. The van der Waals surface area contributed by atoms with E-state index in [1.165, 1.54) is 29.8 Å². The number of rotatable bonds is 5. The lowest BCUT2D eigenvalue weighted by atomic mass is 10.1. The van der Waals surface area contributed by atoms with Crippen LogP contribution in [0.4, 0.5) is 0 Å². The lowest BCUT2D eigenvalue weighted by Crippen LogP contribution is -2.12. The largest absolute Gasteiger partial charge is 0.371 e. The fraction of sp³-hybridized carbons (Fsp3) is 0.714. The molecule has 98 valence electrons. The molecule has 0 spiro atoms. The van der Waals surface area contributed by atoms with Crippen LogP contribution in [0.15, 0.2) is 0 Å². The maximum absolute atomic E-state index is 5.75. The molecule has 18 heavy (non-hydrogen) atoms. The number of aromatic nitrogens is 2. The molecule has 1 atom stereocenters. The summed E-state index contributed by atoms with van der Waals surface area (Å²) in [6.07, 6.45) is 3.56. The van der Waals surface area contributed by atoms with E-state index in [4.69, 9.17) is 14.7 Å². The van der Waals surface area contributed by atoms with E-state index in [0.717, 1.165) is 31.9 Å². The van der Waals surface area contributed by atoms with Gasteiger partial charge in [0.05, 0.1) is 11.4 Å². The molecule has 1 saturated carbocycles. The minimum absolute atomic E-state index is 0.0541. The van der Waals surface area contributed by atoms with Crippen LogP contribution in [-0.2, 0) is 17.8 Å². The lowest BCUT2D eigenvalue weighted by molar-refractivity contribution is 0.0531. The maximum atomic E-state index is 5.75. The van der Waals surface area contributed by atoms with E-state index in [9.17, 15) is 0 Å². The minimum Gasteiger partial charge on any atom is -0.371 e. The Balaban J connectivity index is 1.97. The van der Waals surface area contributed by atoms with Gasteiger partial charge in [0.2, 0.25) is 0 Å². The summed E-state index contributed by atoms with van der Waals surface area (Å²) in [6.45, 7) is 6.70. The predicted octanol–water partition coefficient (Wildman–Crippen LogP) is 2.44. The van der Waals surface area contributed by atoms with Crippen LogP contribution in [0, 0.1) is 0 Å². The summed E-state index contributed by atoms with van der Waals surface area (Å²) >= 11 is 0. The molecule has 4 heteroatoms. The average Bonchev–Trinajstić information content (AvgIpc) is 3.12. The number of hydrogen-bond donors (Lipinski definition) is 1. The SMILES string of the molecule is CCOC(CC)c1nc2c(c(C3CC3)n1)CNC2. The van der Waals surface area contributed by atoms with Crippen molar-refractivity contribution < 1.29 is 4.74 Å². The fourth-order valence-corrected chi connectivity index (χ4v) is 2.63. The molecular formula is C14H21N3O. The highest BCUT2D eigenvalue weighted by atomic mass is 16.5. The van der Waals surface area contributed by atoms with Crippen molar-refractivity contribution in [2.75, 3.05) is 6.61 Å². The van der Waals surface area contributed by atoms with Crippen molar-refractivity contribution in [3.05, 3.63) is 22.8 Å². The van der Waals surface area contributed by atoms with Gasteiger partial charge in [-0.05, 0) is 26.2 Å². The molecule has 1 aliphatic heterocycles. The molecule has 1 aromatic heterocycles. The smallest absolute Gasteiger partial charge is 0.157 e. The molecule has 0 saturated heterocycles. The van der Waals surface area contributed by atoms with Gasteiger partial charge in [0.15, 0.2) is 5.82 Å². The van der Waals surface area contributed by atoms with Crippen molar-refractivity contribution in [2.24, 2.45) is 0 Å². The molecule has 3 rings (SSSR count). The number of ether oxygens (including phenoxy) is 1. The van der Waals surface area contributed by atoms with Gasteiger partial charge in [0.25, 0.3) is 0 Å². The zero-order chi connectivity index (χ0) is 12.5. The van der Waals surface area contributed by atoms with Gasteiger partial charge in [-0.15, -0.1) is 0 Å². The monoisotopic (exact) mass is 247 g/mol. The summed E-state index contributed by atoms with van der Waals surface area (Å²) < 4.78 is 5.75. The van der Waals surface area contributed by atoms with Crippen LogP contribution in [-0.4, -0.2) is 16.6 Å². The summed E-state index contributed by atoms with van der Waals surface area (Å²) in [5.74, 6) is 1.57. The van der Waals surface area contributed by atoms with E-state index in [0.29, 0.717) is 5.92 Å². The van der Waals surface area contributed by atoms with E-state index in [1.807, 2.05) is 6.92 Å². The first-order valence-electron chi connectivity index (χ1n) is 7.05. The molecular weight excluding hydrogens is 226 g/mol. The van der Waals surface area contributed by atoms with E-state index in [1.54, 1.807) is 0 Å². The highest BCUT2D eigenvalue weighted by Gasteiger charge is 2.32. The highest BCUT2D eigenvalue weighted by Crippen LogP contribution is 2.42. The molecule has 4 nitrogen and oxygen atoms in total. The molecule has 0 amide bonds. The molecule has 1 aromatic rings. The normalized spacial score (nSPS) is 19.9. The summed E-state index contributed by atoms with van der Waals surface area (Å²) in [5, 5.41) is 3.38. The van der Waals surface area contributed by atoms with Gasteiger partial charge in [-0.1, -0.05) is 6.92 Å². The van der Waals surface area contributed by atoms with Crippen LogP contribution in [0.1, 0.15) is 67.9 Å². The number of hydrogen-bond acceptors (Lipinski definition) is 4. The Bertz CT molecular complexity index is 443. The Labute approximate surface area is 108 Å². The van der Waals surface area contributed by atoms with Gasteiger partial charge in [0, 0.05) is 31.2 Å². The van der Waals surface area contributed by atoms with Gasteiger partial charge < -0.3 is 10.1 Å². The van der Waals surface area contributed by atoms with Crippen LogP contribution >= 0.6 is 0 Å². The zero-order valence-corrected chi connectivity index (χ0v) is 11.2. The van der Waals surface area contributed by atoms with Crippen LogP contribution in [0.2, 0.25) is 0 Å². The number of nitrogens with one attached hydrogen (secondary N) is 1. The van der Waals surface area contributed by atoms with Crippen molar-refractivity contribution in [3.8, 4) is 0 Å². The minimum atomic E-state index is 0.0541. The van der Waals surface area contributed by atoms with Crippen LogP contribution in [0.5, 0.6) is 0 Å². The van der Waals surface area contributed by atoms with Crippen molar-refractivity contribution in [1.29, 1.82) is 0 Å². The van der Waals surface area contributed by atoms with E-state index in [-0.39, 0.29) is 6.10 Å². The molecule has 1 aliphatic carbocycles. The summed E-state index contributed by atoms with van der Waals surface area (Å²) in [7, 11) is 0. The Kier molecular flexibility index (Phi) is 3.31. The van der Waals surface area contributed by atoms with Gasteiger partial charge >= 0.3 is 0 Å². The lowest BCUT2D eigenvalue weighted by Gasteiger charge is -2.16. The molecule has 1 fully saturated rings. The number of nitrogens with zero attached hydrogens (tertiary/aromatic N) is 2. The Morgan fingerprint density at radius 1 is 1.28 bits per heavy atom. The first-order valence-corrected chi connectivity index (χ1v) is 7.05. The maximum Gasteiger partial charge on any atom is 0.157 e. The van der Waals surface area contributed by atoms with E-state index in [2.05, 4.69) is 12.2 Å². The van der Waals surface area contributed by atoms with E-state index >= 15 is 0 Å². The standard InChI is InChI=1S/C14H21N3O/c1-3-12(18-4-2)14-16-11-8-15-7-10(11)13(17-14)9-5-6-9/h9,12,15H,3-8H2,1-2H3. The van der Waals surface area contributed by atoms with Crippen LogP contribution in [0.3, 0.4) is 0 Å². The van der Waals surface area contributed by atoms with Crippen molar-refractivity contribution in [1.82, 2.24) is 15.3 Å². The Hall–Kier alpha value is -1.00. The predicted molar refractivity (Wildman–Crippen MR) is 69.2 cm³/mol. The van der Waals surface area contributed by atoms with Crippen molar-refractivity contribution in [3.63, 3.8) is 0 Å². The van der Waals surface area contributed by atoms with Crippen molar-refractivity contribution in [2.45, 2.75) is 58.2 Å². The van der Waals surface area contributed by atoms with E-state index < -0.39 is 0 Å². The topological polar surface area (TPSA) is 47.0 Å². The third-order valence-corrected chi connectivity index (χ3v) is 3.73.